The zero-order valence-corrected chi connectivity index (χ0v) is 50.0. The van der Waals surface area contributed by atoms with Crippen LogP contribution in [0.3, 0.4) is 0 Å². The normalized spacial score (nSPS) is 17.6. The van der Waals surface area contributed by atoms with Crippen LogP contribution in [0.2, 0.25) is 10.0 Å². The van der Waals surface area contributed by atoms with Gasteiger partial charge >= 0.3 is 6.09 Å². The minimum Gasteiger partial charge on any atom is -0.444 e. The summed E-state index contributed by atoms with van der Waals surface area (Å²) in [5, 5.41) is 29.6. The van der Waals surface area contributed by atoms with E-state index in [4.69, 9.17) is 27.9 Å². The van der Waals surface area contributed by atoms with Crippen molar-refractivity contribution < 1.29 is 28.7 Å². The first-order valence-corrected chi connectivity index (χ1v) is 29.7. The van der Waals surface area contributed by atoms with Gasteiger partial charge in [-0.15, -0.1) is 10.2 Å². The summed E-state index contributed by atoms with van der Waals surface area (Å²) >= 11 is 12.4. The predicted octanol–water partition coefficient (Wildman–Crippen LogP) is 12.1. The Bertz CT molecular complexity index is 3530. The van der Waals surface area contributed by atoms with Crippen molar-refractivity contribution in [1.82, 2.24) is 55.9 Å². The summed E-state index contributed by atoms with van der Waals surface area (Å²) in [5.41, 5.74) is 9.47. The molecule has 2 aliphatic rings. The Morgan fingerprint density at radius 3 is 1.49 bits per heavy atom. The summed E-state index contributed by atoms with van der Waals surface area (Å²) in [4.78, 5) is 67.9. The van der Waals surface area contributed by atoms with Crippen LogP contribution in [0.25, 0.3) is 33.6 Å². The molecule has 1 aliphatic carbocycles. The van der Waals surface area contributed by atoms with Crippen LogP contribution in [-0.2, 0) is 36.8 Å². The number of nitrogens with zero attached hydrogens (tertiary/aromatic N) is 9. The molecular weight excluding hydrogens is 1110 g/mol. The molecule has 0 bridgehead atoms. The molecule has 1 saturated carbocycles. The number of carbonyl (C=O) groups excluding carboxylic acids is 5. The number of benzene rings is 6. The summed E-state index contributed by atoms with van der Waals surface area (Å²) in [6.45, 7) is 9.19. The maximum Gasteiger partial charge on any atom is 0.410 e. The fourth-order valence-electron chi connectivity index (χ4n) is 11.2. The zero-order valence-electron chi connectivity index (χ0n) is 48.5. The largest absolute Gasteiger partial charge is 0.444 e. The second kappa shape index (κ2) is 28.4. The van der Waals surface area contributed by atoms with Crippen molar-refractivity contribution in [3.63, 3.8) is 0 Å². The van der Waals surface area contributed by atoms with Gasteiger partial charge in [-0.3, -0.25) is 24.1 Å². The molecular formula is C66H71Cl2N11O6. The van der Waals surface area contributed by atoms with Crippen molar-refractivity contribution in [2.75, 3.05) is 6.54 Å². The first-order valence-electron chi connectivity index (χ1n) is 29.0. The molecule has 0 spiro atoms. The molecule has 440 valence electrons. The lowest BCUT2D eigenvalue weighted by molar-refractivity contribution is -0.131. The number of hydrogen-bond acceptors (Lipinski definition) is 12. The Balaban J connectivity index is 0.000000206. The highest BCUT2D eigenvalue weighted by molar-refractivity contribution is 6.31. The first kappa shape index (κ1) is 61.2. The third-order valence-corrected chi connectivity index (χ3v) is 16.3. The van der Waals surface area contributed by atoms with Crippen molar-refractivity contribution in [2.45, 2.75) is 134 Å². The van der Waals surface area contributed by atoms with Crippen LogP contribution in [0.4, 0.5) is 4.79 Å². The number of carbonyl (C=O) groups is 5. The molecule has 0 radical (unpaired) electrons. The van der Waals surface area contributed by atoms with Gasteiger partial charge in [-0.1, -0.05) is 139 Å². The molecule has 1 aliphatic heterocycles. The monoisotopic (exact) mass is 1180 g/mol. The van der Waals surface area contributed by atoms with Gasteiger partial charge in [0.25, 0.3) is 0 Å². The molecule has 2 fully saturated rings. The highest BCUT2D eigenvalue weighted by Crippen LogP contribution is 2.38. The Labute approximate surface area is 505 Å². The van der Waals surface area contributed by atoms with Crippen LogP contribution in [-0.4, -0.2) is 105 Å². The van der Waals surface area contributed by atoms with E-state index >= 15 is 0 Å². The Kier molecular flexibility index (Phi) is 20.5. The number of likely N-dealkylation sites (tertiary alicyclic amines) is 1. The Morgan fingerprint density at radius 2 is 1.04 bits per heavy atom. The molecule has 6 aromatic carbocycles. The van der Waals surface area contributed by atoms with Gasteiger partial charge in [-0.05, 0) is 193 Å². The molecule has 10 rings (SSSR count). The van der Waals surface area contributed by atoms with E-state index < -0.39 is 29.8 Å². The number of Topliss-reactive ketones (excluding diaryl/α,β-unsaturated/α-hetero) is 2. The smallest absolute Gasteiger partial charge is 0.410 e. The molecule has 17 nitrogen and oxygen atoms in total. The second-order valence-electron chi connectivity index (χ2n) is 22.9. The average molecular weight is 1190 g/mol. The SMILES string of the molecule is C[C@H](NC(=O)[C@@H]1CCC[C@H](c2ccc(-c3ccccc3)cc2)C1)C(=O)CCc1cc(Cl)ccc1-n1cnnn1.C[C@H](NC(=O)[C@H]1C[C@@H](c2ccc(-c3ccccc3)cc2)CCN1C(=O)OC(C)(C)C)C(=O)CCc1cc(Cl)ccc1-n1cnnn1. The van der Waals surface area contributed by atoms with Crippen LogP contribution in [0.15, 0.2) is 158 Å². The van der Waals surface area contributed by atoms with Gasteiger partial charge in [0.1, 0.15) is 24.3 Å². The molecule has 19 heteroatoms. The van der Waals surface area contributed by atoms with E-state index in [0.717, 1.165) is 64.9 Å². The quantitative estimate of drug-likeness (QED) is 0.0822. The number of amides is 3. The lowest BCUT2D eigenvalue weighted by atomic mass is 9.77. The lowest BCUT2D eigenvalue weighted by Crippen LogP contribution is -2.56. The van der Waals surface area contributed by atoms with Gasteiger partial charge in [0.15, 0.2) is 11.6 Å². The summed E-state index contributed by atoms with van der Waals surface area (Å²) in [7, 11) is 0. The number of piperidine rings is 1. The number of tetrazole rings is 2. The van der Waals surface area contributed by atoms with Crippen molar-refractivity contribution in [3.05, 3.63) is 191 Å². The number of halogens is 2. The van der Waals surface area contributed by atoms with Gasteiger partial charge in [0, 0.05) is 35.3 Å². The third kappa shape index (κ3) is 16.5. The average Bonchev–Trinajstić information content (AvgIpc) is 4.39. The number of rotatable bonds is 18. The fourth-order valence-corrected chi connectivity index (χ4v) is 11.6. The maximum absolute atomic E-state index is 13.8. The number of ketones is 2. The third-order valence-electron chi connectivity index (χ3n) is 15.8. The molecule has 6 atom stereocenters. The van der Waals surface area contributed by atoms with Crippen molar-refractivity contribution in [3.8, 4) is 33.6 Å². The van der Waals surface area contributed by atoms with Gasteiger partial charge in [-0.25, -0.2) is 14.2 Å². The minimum absolute atomic E-state index is 0.0187. The number of ether oxygens (including phenoxy) is 1. The number of aryl methyl sites for hydroxylation is 2. The predicted molar refractivity (Wildman–Crippen MR) is 327 cm³/mol. The molecule has 8 aromatic rings. The van der Waals surface area contributed by atoms with E-state index in [9.17, 15) is 24.0 Å². The van der Waals surface area contributed by atoms with E-state index in [1.165, 1.54) is 38.9 Å². The number of hydrogen-bond donors (Lipinski definition) is 2. The van der Waals surface area contributed by atoms with E-state index in [2.05, 4.69) is 114 Å². The maximum atomic E-state index is 13.8. The van der Waals surface area contributed by atoms with E-state index in [1.807, 2.05) is 48.5 Å². The molecule has 85 heavy (non-hydrogen) atoms. The van der Waals surface area contributed by atoms with Gasteiger partial charge in [0.05, 0.1) is 23.5 Å². The van der Waals surface area contributed by atoms with Crippen LogP contribution in [0, 0.1) is 5.92 Å². The Morgan fingerprint density at radius 1 is 0.576 bits per heavy atom. The first-order chi connectivity index (χ1) is 41.0. The summed E-state index contributed by atoms with van der Waals surface area (Å²) in [6.07, 6.45) is 8.55. The van der Waals surface area contributed by atoms with Crippen LogP contribution < -0.4 is 10.6 Å². The summed E-state index contributed by atoms with van der Waals surface area (Å²) in [6, 6.07) is 46.2. The number of nitrogens with one attached hydrogen (secondary N) is 2. The zero-order chi connectivity index (χ0) is 60.0. The van der Waals surface area contributed by atoms with Gasteiger partial charge in [0.2, 0.25) is 11.8 Å². The van der Waals surface area contributed by atoms with Gasteiger partial charge in [-0.2, -0.15) is 0 Å². The minimum atomic E-state index is -0.794. The molecule has 3 amide bonds. The topological polar surface area (TPSA) is 209 Å². The lowest BCUT2D eigenvalue weighted by Gasteiger charge is -2.39. The molecule has 1 saturated heterocycles. The van der Waals surface area contributed by atoms with E-state index in [-0.39, 0.29) is 48.1 Å². The van der Waals surface area contributed by atoms with E-state index in [0.29, 0.717) is 48.2 Å². The molecule has 0 unspecified atom stereocenters. The summed E-state index contributed by atoms with van der Waals surface area (Å²) < 4.78 is 8.73. The van der Waals surface area contributed by atoms with Gasteiger partial charge < -0.3 is 15.4 Å². The van der Waals surface area contributed by atoms with Crippen LogP contribution in [0.1, 0.15) is 120 Å². The van der Waals surface area contributed by atoms with Crippen molar-refractivity contribution in [1.29, 1.82) is 0 Å². The van der Waals surface area contributed by atoms with Crippen molar-refractivity contribution >= 4 is 52.7 Å². The molecule has 3 heterocycles. The molecule has 2 N–H and O–H groups in total. The second-order valence-corrected chi connectivity index (χ2v) is 23.8. The van der Waals surface area contributed by atoms with E-state index in [1.54, 1.807) is 63.6 Å². The number of aromatic nitrogens is 8. The van der Waals surface area contributed by atoms with Crippen molar-refractivity contribution in [2.24, 2.45) is 5.92 Å². The van der Waals surface area contributed by atoms with Crippen LogP contribution in [0.5, 0.6) is 0 Å². The Hall–Kier alpha value is -8.41. The highest BCUT2D eigenvalue weighted by Gasteiger charge is 2.40. The fraction of sp³-hybridized carbons (Fsp3) is 0.348. The standard InChI is InChI=1S/C35H39ClN6O4.C31H32ClN5O2/c1-23(32(43)17-14-28-20-29(36)15-16-30(28)42-22-37-39-40-42)38-33(44)31-21-27(18-19-41(31)34(45)46-35(2,3)4)26-12-10-25(11-13-26)24-8-6-5-7-9-24;1-21(30(38)17-14-26-19-28(32)15-16-29(26)37-20-33-35-36-37)34-31(39)27-9-5-8-25(18-27)24-12-10-23(11-13-24)22-6-3-2-4-7-22/h5-13,15-16,20,22-23,27,31H,14,17-19,21H2,1-4H3,(H,38,44);2-4,6-7,10-13,15-16,19-21,25,27H,5,8-9,14,17-18H2,1H3,(H,34,39)/t23-,27-,31+;21-,25-,27+/m00/s1. The summed E-state index contributed by atoms with van der Waals surface area (Å²) in [5.74, 6) is -0.269. The molecule has 2 aromatic heterocycles. The van der Waals surface area contributed by atoms with Crippen LogP contribution >= 0.6 is 23.2 Å². The highest BCUT2D eigenvalue weighted by atomic mass is 35.5.